The molecule has 1 aliphatic heterocycles. The summed E-state index contributed by atoms with van der Waals surface area (Å²) in [7, 11) is 1.82. The first-order chi connectivity index (χ1) is 6.79. The molecule has 2 fully saturated rings. The highest BCUT2D eigenvalue weighted by atomic mass is 16.5. The number of rotatable bonds is 2. The SMILES string of the molecule is CO[C@H]1CCN(C2CCC(N)CC2)C1. The number of hydrogen-bond donors (Lipinski definition) is 1. The van der Waals surface area contributed by atoms with Crippen molar-refractivity contribution in [1.29, 1.82) is 0 Å². The van der Waals surface area contributed by atoms with Gasteiger partial charge in [-0.1, -0.05) is 0 Å². The van der Waals surface area contributed by atoms with E-state index in [0.717, 1.165) is 12.6 Å². The fraction of sp³-hybridized carbons (Fsp3) is 1.00. The lowest BCUT2D eigenvalue weighted by molar-refractivity contribution is 0.0943. The molecule has 82 valence electrons. The Hall–Kier alpha value is -0.120. The van der Waals surface area contributed by atoms with E-state index in [9.17, 15) is 0 Å². The maximum absolute atomic E-state index is 5.91. The number of likely N-dealkylation sites (tertiary alicyclic amines) is 1. The minimum Gasteiger partial charge on any atom is -0.380 e. The topological polar surface area (TPSA) is 38.5 Å². The predicted octanol–water partition coefficient (Wildman–Crippen LogP) is 0.977. The maximum Gasteiger partial charge on any atom is 0.0710 e. The van der Waals surface area contributed by atoms with Crippen molar-refractivity contribution in [1.82, 2.24) is 4.90 Å². The van der Waals surface area contributed by atoms with E-state index >= 15 is 0 Å². The fourth-order valence-electron chi connectivity index (χ4n) is 2.74. The second-order valence-electron chi connectivity index (χ2n) is 4.71. The molecule has 1 saturated carbocycles. The van der Waals surface area contributed by atoms with Crippen molar-refractivity contribution < 1.29 is 4.74 Å². The van der Waals surface area contributed by atoms with Crippen LogP contribution < -0.4 is 5.73 Å². The zero-order valence-corrected chi connectivity index (χ0v) is 9.11. The Morgan fingerprint density at radius 3 is 2.43 bits per heavy atom. The quantitative estimate of drug-likeness (QED) is 0.719. The van der Waals surface area contributed by atoms with Crippen LogP contribution in [0.4, 0.5) is 0 Å². The molecule has 0 aromatic rings. The van der Waals surface area contributed by atoms with Gasteiger partial charge in [0.25, 0.3) is 0 Å². The van der Waals surface area contributed by atoms with E-state index in [1.54, 1.807) is 0 Å². The van der Waals surface area contributed by atoms with Gasteiger partial charge in [-0.3, -0.25) is 4.90 Å². The Kier molecular flexibility index (Phi) is 3.42. The van der Waals surface area contributed by atoms with Crippen LogP contribution in [0.3, 0.4) is 0 Å². The minimum atomic E-state index is 0.465. The summed E-state index contributed by atoms with van der Waals surface area (Å²) in [5.74, 6) is 0. The molecule has 1 aliphatic carbocycles. The third-order valence-corrected chi connectivity index (χ3v) is 3.77. The molecule has 0 aromatic carbocycles. The third-order valence-electron chi connectivity index (χ3n) is 3.77. The number of hydrogen-bond acceptors (Lipinski definition) is 3. The fourth-order valence-corrected chi connectivity index (χ4v) is 2.74. The lowest BCUT2D eigenvalue weighted by Gasteiger charge is -2.33. The van der Waals surface area contributed by atoms with Gasteiger partial charge in [0.1, 0.15) is 0 Å². The van der Waals surface area contributed by atoms with Crippen molar-refractivity contribution in [2.45, 2.75) is 50.3 Å². The normalized spacial score (nSPS) is 40.3. The Morgan fingerprint density at radius 2 is 1.86 bits per heavy atom. The molecule has 2 rings (SSSR count). The number of nitrogens with zero attached hydrogens (tertiary/aromatic N) is 1. The van der Waals surface area contributed by atoms with Gasteiger partial charge in [0.2, 0.25) is 0 Å². The van der Waals surface area contributed by atoms with Gasteiger partial charge in [-0.15, -0.1) is 0 Å². The van der Waals surface area contributed by atoms with Crippen LogP contribution >= 0.6 is 0 Å². The Morgan fingerprint density at radius 1 is 1.14 bits per heavy atom. The number of methoxy groups -OCH3 is 1. The molecular weight excluding hydrogens is 176 g/mol. The molecule has 2 aliphatic rings. The van der Waals surface area contributed by atoms with E-state index in [0.29, 0.717) is 12.1 Å². The van der Waals surface area contributed by atoms with Gasteiger partial charge in [0.15, 0.2) is 0 Å². The van der Waals surface area contributed by atoms with Crippen LogP contribution in [0.15, 0.2) is 0 Å². The van der Waals surface area contributed by atoms with Crippen LogP contribution in [-0.2, 0) is 4.74 Å². The van der Waals surface area contributed by atoms with Crippen LogP contribution in [0.2, 0.25) is 0 Å². The lowest BCUT2D eigenvalue weighted by atomic mass is 9.91. The van der Waals surface area contributed by atoms with E-state index in [4.69, 9.17) is 10.5 Å². The highest BCUT2D eigenvalue weighted by Crippen LogP contribution is 2.25. The molecule has 2 N–H and O–H groups in total. The molecular formula is C11H22N2O. The summed E-state index contributed by atoms with van der Waals surface area (Å²) in [6.45, 7) is 2.36. The molecule has 1 heterocycles. The first-order valence-electron chi connectivity index (χ1n) is 5.82. The Bertz CT molecular complexity index is 178. The zero-order valence-electron chi connectivity index (χ0n) is 9.11. The van der Waals surface area contributed by atoms with Crippen LogP contribution in [-0.4, -0.2) is 43.3 Å². The minimum absolute atomic E-state index is 0.465. The van der Waals surface area contributed by atoms with Crippen molar-refractivity contribution >= 4 is 0 Å². The highest BCUT2D eigenvalue weighted by molar-refractivity contribution is 4.86. The highest BCUT2D eigenvalue weighted by Gasteiger charge is 2.30. The molecule has 0 unspecified atom stereocenters. The molecule has 0 bridgehead atoms. The third kappa shape index (κ3) is 2.27. The van der Waals surface area contributed by atoms with E-state index in [1.165, 1.54) is 38.6 Å². The van der Waals surface area contributed by atoms with Crippen LogP contribution in [0.5, 0.6) is 0 Å². The van der Waals surface area contributed by atoms with Crippen molar-refractivity contribution in [2.75, 3.05) is 20.2 Å². The van der Waals surface area contributed by atoms with Crippen molar-refractivity contribution in [3.05, 3.63) is 0 Å². The predicted molar refractivity (Wildman–Crippen MR) is 57.2 cm³/mol. The van der Waals surface area contributed by atoms with Gasteiger partial charge >= 0.3 is 0 Å². The van der Waals surface area contributed by atoms with Gasteiger partial charge in [-0.2, -0.15) is 0 Å². The first kappa shape index (κ1) is 10.4. The zero-order chi connectivity index (χ0) is 9.97. The molecule has 0 amide bonds. The van der Waals surface area contributed by atoms with Gasteiger partial charge in [0, 0.05) is 32.3 Å². The first-order valence-corrected chi connectivity index (χ1v) is 5.82. The number of ether oxygens (including phenoxy) is 1. The van der Waals surface area contributed by atoms with Crippen molar-refractivity contribution in [3.63, 3.8) is 0 Å². The molecule has 0 radical (unpaired) electrons. The summed E-state index contributed by atoms with van der Waals surface area (Å²) >= 11 is 0. The van der Waals surface area contributed by atoms with E-state index in [2.05, 4.69) is 4.90 Å². The molecule has 3 heteroatoms. The summed E-state index contributed by atoms with van der Waals surface area (Å²) in [6.07, 6.45) is 6.68. The van der Waals surface area contributed by atoms with E-state index < -0.39 is 0 Å². The summed E-state index contributed by atoms with van der Waals surface area (Å²) in [6, 6.07) is 1.25. The van der Waals surface area contributed by atoms with Gasteiger partial charge in [0.05, 0.1) is 6.10 Å². The average Bonchev–Trinajstić information content (AvgIpc) is 2.67. The molecule has 14 heavy (non-hydrogen) atoms. The van der Waals surface area contributed by atoms with Gasteiger partial charge < -0.3 is 10.5 Å². The molecule has 3 nitrogen and oxygen atoms in total. The van der Waals surface area contributed by atoms with Gasteiger partial charge in [-0.25, -0.2) is 0 Å². The van der Waals surface area contributed by atoms with E-state index in [-0.39, 0.29) is 0 Å². The average molecular weight is 198 g/mol. The smallest absolute Gasteiger partial charge is 0.0710 e. The second kappa shape index (κ2) is 4.60. The summed E-state index contributed by atoms with van der Waals surface area (Å²) < 4.78 is 5.39. The Labute approximate surface area is 86.6 Å². The van der Waals surface area contributed by atoms with Crippen molar-refractivity contribution in [2.24, 2.45) is 5.73 Å². The second-order valence-corrected chi connectivity index (χ2v) is 4.71. The van der Waals surface area contributed by atoms with Crippen LogP contribution in [0.1, 0.15) is 32.1 Å². The summed E-state index contributed by atoms with van der Waals surface area (Å²) in [5, 5.41) is 0. The lowest BCUT2D eigenvalue weighted by Crippen LogP contribution is -2.40. The van der Waals surface area contributed by atoms with Crippen LogP contribution in [0, 0.1) is 0 Å². The molecule has 0 aromatic heterocycles. The van der Waals surface area contributed by atoms with E-state index in [1.807, 2.05) is 7.11 Å². The molecule has 1 atom stereocenters. The summed E-state index contributed by atoms with van der Waals surface area (Å²) in [4.78, 5) is 2.60. The van der Waals surface area contributed by atoms with Crippen LogP contribution in [0.25, 0.3) is 0 Å². The standard InChI is InChI=1S/C11H22N2O/c1-14-11-6-7-13(8-11)10-4-2-9(12)3-5-10/h9-11H,2-8,12H2,1H3/t9?,10?,11-/m0/s1. The van der Waals surface area contributed by atoms with Crippen molar-refractivity contribution in [3.8, 4) is 0 Å². The number of nitrogens with two attached hydrogens (primary N) is 1. The van der Waals surface area contributed by atoms with Gasteiger partial charge in [-0.05, 0) is 32.1 Å². The largest absolute Gasteiger partial charge is 0.380 e. The monoisotopic (exact) mass is 198 g/mol. The molecule has 1 saturated heterocycles. The summed E-state index contributed by atoms with van der Waals surface area (Å²) in [5.41, 5.74) is 5.91. The molecule has 0 spiro atoms. The maximum atomic E-state index is 5.91. The Balaban J connectivity index is 1.79.